The van der Waals surface area contributed by atoms with Crippen LogP contribution in [-0.2, 0) is 0 Å². The molecule has 0 bridgehead atoms. The van der Waals surface area contributed by atoms with Crippen LogP contribution in [0.2, 0.25) is 0 Å². The standard InChI is InChI=1S/C14H18N2OS/c1-9-7-11(5-6-13(9)17-4)14-16-12(8-18-14)10(2)15-3/h5-8,10,15H,1-4H3. The van der Waals surface area contributed by atoms with Crippen molar-refractivity contribution in [3.8, 4) is 16.3 Å². The SMILES string of the molecule is CNC(C)c1csc(-c2ccc(OC)c(C)c2)n1. The highest BCUT2D eigenvalue weighted by Gasteiger charge is 2.10. The summed E-state index contributed by atoms with van der Waals surface area (Å²) in [6.45, 7) is 4.16. The lowest BCUT2D eigenvalue weighted by Crippen LogP contribution is -2.12. The third kappa shape index (κ3) is 2.54. The van der Waals surface area contributed by atoms with E-state index in [1.165, 1.54) is 0 Å². The molecule has 1 unspecified atom stereocenters. The fourth-order valence-electron chi connectivity index (χ4n) is 1.78. The number of ether oxygens (including phenoxy) is 1. The van der Waals surface area contributed by atoms with E-state index in [-0.39, 0.29) is 6.04 Å². The molecule has 0 radical (unpaired) electrons. The normalized spacial score (nSPS) is 12.4. The van der Waals surface area contributed by atoms with Gasteiger partial charge in [0.1, 0.15) is 10.8 Å². The van der Waals surface area contributed by atoms with E-state index >= 15 is 0 Å². The smallest absolute Gasteiger partial charge is 0.123 e. The third-order valence-corrected chi connectivity index (χ3v) is 3.95. The van der Waals surface area contributed by atoms with E-state index < -0.39 is 0 Å². The lowest BCUT2D eigenvalue weighted by atomic mass is 10.1. The van der Waals surface area contributed by atoms with Gasteiger partial charge < -0.3 is 10.1 Å². The molecule has 1 aromatic carbocycles. The quantitative estimate of drug-likeness (QED) is 0.917. The molecule has 0 aliphatic carbocycles. The molecule has 0 saturated carbocycles. The molecule has 0 amide bonds. The van der Waals surface area contributed by atoms with Crippen molar-refractivity contribution < 1.29 is 4.74 Å². The molecule has 1 heterocycles. The molecule has 0 spiro atoms. The van der Waals surface area contributed by atoms with Crippen LogP contribution in [0, 0.1) is 6.92 Å². The number of nitrogens with one attached hydrogen (secondary N) is 1. The maximum absolute atomic E-state index is 5.27. The van der Waals surface area contributed by atoms with Gasteiger partial charge in [-0.15, -0.1) is 11.3 Å². The first-order valence-corrected chi connectivity index (χ1v) is 6.81. The van der Waals surface area contributed by atoms with Crippen molar-refractivity contribution in [3.05, 3.63) is 34.8 Å². The van der Waals surface area contributed by atoms with E-state index in [0.717, 1.165) is 27.6 Å². The highest BCUT2D eigenvalue weighted by atomic mass is 32.1. The van der Waals surface area contributed by atoms with Gasteiger partial charge in [0, 0.05) is 17.0 Å². The zero-order chi connectivity index (χ0) is 13.1. The Morgan fingerprint density at radius 2 is 2.17 bits per heavy atom. The molecule has 96 valence electrons. The summed E-state index contributed by atoms with van der Waals surface area (Å²) in [5, 5.41) is 6.36. The molecule has 3 nitrogen and oxygen atoms in total. The van der Waals surface area contributed by atoms with E-state index in [9.17, 15) is 0 Å². The Balaban J connectivity index is 2.31. The van der Waals surface area contributed by atoms with Gasteiger partial charge in [0.05, 0.1) is 12.8 Å². The van der Waals surface area contributed by atoms with Crippen molar-refractivity contribution in [2.45, 2.75) is 19.9 Å². The predicted octanol–water partition coefficient (Wildman–Crippen LogP) is 3.41. The summed E-state index contributed by atoms with van der Waals surface area (Å²) >= 11 is 1.68. The Bertz CT molecular complexity index is 536. The summed E-state index contributed by atoms with van der Waals surface area (Å²) in [7, 11) is 3.64. The number of rotatable bonds is 4. The average molecular weight is 262 g/mol. The van der Waals surface area contributed by atoms with Crippen LogP contribution in [-0.4, -0.2) is 19.1 Å². The van der Waals surface area contributed by atoms with Gasteiger partial charge in [-0.25, -0.2) is 4.98 Å². The number of thiazole rings is 1. The van der Waals surface area contributed by atoms with Gasteiger partial charge in [0.25, 0.3) is 0 Å². The van der Waals surface area contributed by atoms with Crippen molar-refractivity contribution in [1.29, 1.82) is 0 Å². The number of aromatic nitrogens is 1. The maximum Gasteiger partial charge on any atom is 0.123 e. The number of hydrogen-bond acceptors (Lipinski definition) is 4. The minimum Gasteiger partial charge on any atom is -0.496 e. The summed E-state index contributed by atoms with van der Waals surface area (Å²) < 4.78 is 5.27. The first kappa shape index (κ1) is 13.1. The van der Waals surface area contributed by atoms with Crippen LogP contribution in [0.5, 0.6) is 5.75 Å². The zero-order valence-corrected chi connectivity index (χ0v) is 12.0. The lowest BCUT2D eigenvalue weighted by Gasteiger charge is -2.06. The van der Waals surface area contributed by atoms with Crippen LogP contribution in [0.4, 0.5) is 0 Å². The number of benzene rings is 1. The van der Waals surface area contributed by atoms with Gasteiger partial charge in [-0.3, -0.25) is 0 Å². The molecule has 0 aliphatic rings. The summed E-state index contributed by atoms with van der Waals surface area (Å²) in [4.78, 5) is 4.66. The largest absolute Gasteiger partial charge is 0.496 e. The molecule has 2 aromatic rings. The second-order valence-corrected chi connectivity index (χ2v) is 5.13. The van der Waals surface area contributed by atoms with Crippen LogP contribution in [0.25, 0.3) is 10.6 Å². The Kier molecular flexibility index (Phi) is 3.99. The van der Waals surface area contributed by atoms with Crippen molar-refractivity contribution in [2.75, 3.05) is 14.2 Å². The molecule has 1 aromatic heterocycles. The van der Waals surface area contributed by atoms with Gasteiger partial charge >= 0.3 is 0 Å². The number of aryl methyl sites for hydroxylation is 1. The van der Waals surface area contributed by atoms with Gasteiger partial charge in [-0.1, -0.05) is 0 Å². The number of hydrogen-bond donors (Lipinski definition) is 1. The van der Waals surface area contributed by atoms with E-state index in [1.54, 1.807) is 18.4 Å². The first-order valence-electron chi connectivity index (χ1n) is 5.93. The van der Waals surface area contributed by atoms with E-state index in [0.29, 0.717) is 0 Å². The van der Waals surface area contributed by atoms with Crippen molar-refractivity contribution >= 4 is 11.3 Å². The maximum atomic E-state index is 5.27. The topological polar surface area (TPSA) is 34.1 Å². The third-order valence-electron chi connectivity index (χ3n) is 3.04. The fourth-order valence-corrected chi connectivity index (χ4v) is 2.69. The van der Waals surface area contributed by atoms with Crippen LogP contribution >= 0.6 is 11.3 Å². The minimum atomic E-state index is 0.286. The molecular formula is C14H18N2OS. The molecule has 0 aliphatic heterocycles. The highest BCUT2D eigenvalue weighted by molar-refractivity contribution is 7.13. The van der Waals surface area contributed by atoms with Crippen molar-refractivity contribution in [2.24, 2.45) is 0 Å². The number of nitrogens with zero attached hydrogens (tertiary/aromatic N) is 1. The zero-order valence-electron chi connectivity index (χ0n) is 11.2. The predicted molar refractivity (Wildman–Crippen MR) is 76.3 cm³/mol. The van der Waals surface area contributed by atoms with E-state index in [2.05, 4.69) is 34.7 Å². The highest BCUT2D eigenvalue weighted by Crippen LogP contribution is 2.29. The average Bonchev–Trinajstić information content (AvgIpc) is 2.87. The molecular weight excluding hydrogens is 244 g/mol. The summed E-state index contributed by atoms with van der Waals surface area (Å²) in [5.74, 6) is 0.916. The van der Waals surface area contributed by atoms with Gasteiger partial charge in [-0.05, 0) is 44.7 Å². The van der Waals surface area contributed by atoms with Crippen LogP contribution in [0.3, 0.4) is 0 Å². The first-order chi connectivity index (χ1) is 8.65. The van der Waals surface area contributed by atoms with E-state index in [4.69, 9.17) is 4.74 Å². The second kappa shape index (κ2) is 5.50. The molecule has 18 heavy (non-hydrogen) atoms. The Hall–Kier alpha value is -1.39. The van der Waals surface area contributed by atoms with Crippen molar-refractivity contribution in [3.63, 3.8) is 0 Å². The van der Waals surface area contributed by atoms with Gasteiger partial charge in [0.15, 0.2) is 0 Å². The lowest BCUT2D eigenvalue weighted by molar-refractivity contribution is 0.412. The monoisotopic (exact) mass is 262 g/mol. The summed E-state index contributed by atoms with van der Waals surface area (Å²) in [6, 6.07) is 6.45. The van der Waals surface area contributed by atoms with E-state index in [1.807, 2.05) is 20.0 Å². The molecule has 0 saturated heterocycles. The van der Waals surface area contributed by atoms with Crippen LogP contribution in [0.1, 0.15) is 24.2 Å². The summed E-state index contributed by atoms with van der Waals surface area (Å²) in [6.07, 6.45) is 0. The van der Waals surface area contributed by atoms with Gasteiger partial charge in [-0.2, -0.15) is 0 Å². The van der Waals surface area contributed by atoms with Gasteiger partial charge in [0.2, 0.25) is 0 Å². The van der Waals surface area contributed by atoms with Crippen LogP contribution < -0.4 is 10.1 Å². The molecule has 4 heteroatoms. The molecule has 0 fully saturated rings. The molecule has 2 rings (SSSR count). The second-order valence-electron chi connectivity index (χ2n) is 4.27. The van der Waals surface area contributed by atoms with Crippen molar-refractivity contribution in [1.82, 2.24) is 10.3 Å². The minimum absolute atomic E-state index is 0.286. The summed E-state index contributed by atoms with van der Waals surface area (Å²) in [5.41, 5.74) is 3.37. The molecule has 1 atom stereocenters. The van der Waals surface area contributed by atoms with Crippen LogP contribution in [0.15, 0.2) is 23.6 Å². The Morgan fingerprint density at radius 1 is 1.39 bits per heavy atom. The molecule has 1 N–H and O–H groups in total. The number of methoxy groups -OCH3 is 1. The Morgan fingerprint density at radius 3 is 2.78 bits per heavy atom. The Labute approximate surface area is 112 Å². The fraction of sp³-hybridized carbons (Fsp3) is 0.357.